The minimum atomic E-state index is 0.666. The summed E-state index contributed by atoms with van der Waals surface area (Å²) in [5, 5.41) is 19.7. The molecule has 3 heterocycles. The molecule has 26 heavy (non-hydrogen) atoms. The van der Waals surface area contributed by atoms with Crippen LogP contribution in [-0.2, 0) is 19.5 Å². The van der Waals surface area contributed by atoms with Gasteiger partial charge in [-0.1, -0.05) is 41.7 Å². The largest absolute Gasteiger partial charge is 0.268 e. The van der Waals surface area contributed by atoms with Gasteiger partial charge in [0.25, 0.3) is 0 Å². The van der Waals surface area contributed by atoms with Crippen LogP contribution in [0.5, 0.6) is 0 Å². The second-order valence-electron chi connectivity index (χ2n) is 6.34. The molecule has 4 rings (SSSR count). The molecule has 1 aromatic carbocycles. The Bertz CT molecular complexity index is 998. The Balaban J connectivity index is 1.40. The van der Waals surface area contributed by atoms with Crippen molar-refractivity contribution in [1.82, 2.24) is 29.8 Å². The summed E-state index contributed by atoms with van der Waals surface area (Å²) in [7, 11) is 0. The Hall–Kier alpha value is -2.80. The van der Waals surface area contributed by atoms with Gasteiger partial charge in [-0.3, -0.25) is 9.36 Å². The number of hydrogen-bond donors (Lipinski definition) is 0. The van der Waals surface area contributed by atoms with Gasteiger partial charge in [0, 0.05) is 18.3 Å². The number of aromatic nitrogens is 6. The van der Waals surface area contributed by atoms with E-state index in [1.807, 2.05) is 46.7 Å². The van der Waals surface area contributed by atoms with Crippen LogP contribution < -0.4 is 0 Å². The van der Waals surface area contributed by atoms with Crippen LogP contribution in [0.4, 0.5) is 0 Å². The first-order valence-corrected chi connectivity index (χ1v) is 9.36. The van der Waals surface area contributed by atoms with Crippen molar-refractivity contribution in [2.24, 2.45) is 0 Å². The molecule has 0 bridgehead atoms. The van der Waals surface area contributed by atoms with Crippen LogP contribution in [0.15, 0.2) is 48.7 Å². The second kappa shape index (κ2) is 7.21. The van der Waals surface area contributed by atoms with Crippen LogP contribution in [0.3, 0.4) is 0 Å². The molecule has 0 aliphatic carbocycles. The van der Waals surface area contributed by atoms with E-state index in [1.54, 1.807) is 11.3 Å². The van der Waals surface area contributed by atoms with Crippen LogP contribution in [-0.4, -0.2) is 29.8 Å². The Morgan fingerprint density at radius 2 is 1.73 bits per heavy atom. The predicted molar refractivity (Wildman–Crippen MR) is 101 cm³/mol. The molecule has 0 spiro atoms. The molecule has 0 aliphatic heterocycles. The zero-order chi connectivity index (χ0) is 17.9. The SMILES string of the molecule is Cc1cc(C)n(Cc2nnc(Cc3ccn(Cc4ccccc4)n3)s2)n1. The maximum Gasteiger partial charge on any atom is 0.139 e. The highest BCUT2D eigenvalue weighted by Gasteiger charge is 2.10. The van der Waals surface area contributed by atoms with Crippen molar-refractivity contribution in [2.75, 3.05) is 0 Å². The highest BCUT2D eigenvalue weighted by molar-refractivity contribution is 7.11. The molecule has 0 atom stereocenters. The molecule has 0 radical (unpaired) electrons. The molecule has 0 unspecified atom stereocenters. The lowest BCUT2D eigenvalue weighted by atomic mass is 10.2. The predicted octanol–water partition coefficient (Wildman–Crippen LogP) is 3.24. The van der Waals surface area contributed by atoms with Crippen molar-refractivity contribution < 1.29 is 0 Å². The van der Waals surface area contributed by atoms with Gasteiger partial charge in [-0.25, -0.2) is 0 Å². The van der Waals surface area contributed by atoms with E-state index < -0.39 is 0 Å². The van der Waals surface area contributed by atoms with Gasteiger partial charge in [0.15, 0.2) is 0 Å². The molecule has 0 saturated carbocycles. The molecule has 0 aliphatic rings. The monoisotopic (exact) mass is 364 g/mol. The molecule has 132 valence electrons. The van der Waals surface area contributed by atoms with Crippen molar-refractivity contribution in [2.45, 2.75) is 33.4 Å². The van der Waals surface area contributed by atoms with E-state index in [2.05, 4.69) is 45.5 Å². The number of aryl methyl sites for hydroxylation is 2. The van der Waals surface area contributed by atoms with Gasteiger partial charge >= 0.3 is 0 Å². The summed E-state index contributed by atoms with van der Waals surface area (Å²) in [5.41, 5.74) is 4.41. The van der Waals surface area contributed by atoms with E-state index >= 15 is 0 Å². The van der Waals surface area contributed by atoms with Crippen molar-refractivity contribution >= 4 is 11.3 Å². The Morgan fingerprint density at radius 1 is 0.923 bits per heavy atom. The third-order valence-corrected chi connectivity index (χ3v) is 5.02. The maximum absolute atomic E-state index is 4.65. The first-order valence-electron chi connectivity index (χ1n) is 8.54. The number of rotatable bonds is 6. The molecule has 6 nitrogen and oxygen atoms in total. The lowest BCUT2D eigenvalue weighted by molar-refractivity contribution is 0.650. The summed E-state index contributed by atoms with van der Waals surface area (Å²) in [6, 6.07) is 14.5. The van der Waals surface area contributed by atoms with Crippen molar-refractivity contribution in [3.05, 3.63) is 81.3 Å². The molecular weight excluding hydrogens is 344 g/mol. The normalized spacial score (nSPS) is 11.2. The van der Waals surface area contributed by atoms with Crippen LogP contribution in [0.1, 0.15) is 32.7 Å². The number of nitrogens with zero attached hydrogens (tertiary/aromatic N) is 6. The summed E-state index contributed by atoms with van der Waals surface area (Å²) < 4.78 is 3.93. The first-order chi connectivity index (χ1) is 12.7. The molecule has 0 amide bonds. The molecule has 0 fully saturated rings. The van der Waals surface area contributed by atoms with E-state index in [0.717, 1.165) is 33.6 Å². The fourth-order valence-electron chi connectivity index (χ4n) is 2.90. The number of hydrogen-bond acceptors (Lipinski definition) is 5. The quantitative estimate of drug-likeness (QED) is 0.527. The maximum atomic E-state index is 4.65. The Kier molecular flexibility index (Phi) is 4.62. The average molecular weight is 364 g/mol. The zero-order valence-electron chi connectivity index (χ0n) is 14.8. The average Bonchev–Trinajstić information content (AvgIpc) is 3.32. The van der Waals surface area contributed by atoms with Gasteiger partial charge < -0.3 is 0 Å². The van der Waals surface area contributed by atoms with Gasteiger partial charge in [0.2, 0.25) is 0 Å². The summed E-state index contributed by atoms with van der Waals surface area (Å²) in [5.74, 6) is 0. The van der Waals surface area contributed by atoms with E-state index in [9.17, 15) is 0 Å². The third kappa shape index (κ3) is 3.88. The minimum absolute atomic E-state index is 0.666. The van der Waals surface area contributed by atoms with Gasteiger partial charge in [-0.05, 0) is 31.5 Å². The molecule has 0 saturated heterocycles. The van der Waals surface area contributed by atoms with E-state index in [0.29, 0.717) is 13.0 Å². The van der Waals surface area contributed by atoms with E-state index in [-0.39, 0.29) is 0 Å². The Morgan fingerprint density at radius 3 is 2.50 bits per heavy atom. The summed E-state index contributed by atoms with van der Waals surface area (Å²) in [6.07, 6.45) is 2.72. The van der Waals surface area contributed by atoms with E-state index in [1.165, 1.54) is 5.56 Å². The highest BCUT2D eigenvalue weighted by atomic mass is 32.1. The van der Waals surface area contributed by atoms with Gasteiger partial charge in [-0.2, -0.15) is 10.2 Å². The summed E-state index contributed by atoms with van der Waals surface area (Å²) >= 11 is 1.62. The van der Waals surface area contributed by atoms with Crippen LogP contribution in [0.25, 0.3) is 0 Å². The second-order valence-corrected chi connectivity index (χ2v) is 7.49. The summed E-state index contributed by atoms with van der Waals surface area (Å²) in [4.78, 5) is 0. The third-order valence-electron chi connectivity index (χ3n) is 4.11. The fourth-order valence-corrected chi connectivity index (χ4v) is 3.74. The van der Waals surface area contributed by atoms with Crippen LogP contribution >= 0.6 is 11.3 Å². The first kappa shape index (κ1) is 16.7. The highest BCUT2D eigenvalue weighted by Crippen LogP contribution is 2.16. The molecule has 3 aromatic heterocycles. The van der Waals surface area contributed by atoms with Crippen molar-refractivity contribution in [1.29, 1.82) is 0 Å². The molecule has 0 N–H and O–H groups in total. The molecule has 7 heteroatoms. The van der Waals surface area contributed by atoms with Crippen LogP contribution in [0.2, 0.25) is 0 Å². The standard InChI is InChI=1S/C19H20N6S/c1-14-10-15(2)25(22-14)13-19-21-20-18(26-19)11-17-8-9-24(23-17)12-16-6-4-3-5-7-16/h3-10H,11-13H2,1-2H3. The smallest absolute Gasteiger partial charge is 0.139 e. The molecule has 4 aromatic rings. The van der Waals surface area contributed by atoms with Gasteiger partial charge in [-0.15, -0.1) is 10.2 Å². The van der Waals surface area contributed by atoms with Gasteiger partial charge in [0.05, 0.1) is 24.5 Å². The fraction of sp³-hybridized carbons (Fsp3) is 0.263. The lowest BCUT2D eigenvalue weighted by Crippen LogP contribution is -2.03. The van der Waals surface area contributed by atoms with Crippen molar-refractivity contribution in [3.63, 3.8) is 0 Å². The zero-order valence-corrected chi connectivity index (χ0v) is 15.6. The van der Waals surface area contributed by atoms with E-state index in [4.69, 9.17) is 0 Å². The van der Waals surface area contributed by atoms with Crippen molar-refractivity contribution in [3.8, 4) is 0 Å². The summed E-state index contributed by atoms with van der Waals surface area (Å²) in [6.45, 7) is 5.50. The Labute approximate surface area is 156 Å². The topological polar surface area (TPSA) is 61.4 Å². The number of benzene rings is 1. The minimum Gasteiger partial charge on any atom is -0.268 e. The van der Waals surface area contributed by atoms with Gasteiger partial charge in [0.1, 0.15) is 10.0 Å². The molecular formula is C19H20N6S. The van der Waals surface area contributed by atoms with Crippen LogP contribution in [0, 0.1) is 13.8 Å². The lowest BCUT2D eigenvalue weighted by Gasteiger charge is -2.01.